The van der Waals surface area contributed by atoms with E-state index < -0.39 is 0 Å². The van der Waals surface area contributed by atoms with Gasteiger partial charge < -0.3 is 0 Å². The Balaban J connectivity index is 2.43. The Morgan fingerprint density at radius 2 is 1.90 bits per heavy atom. The van der Waals surface area contributed by atoms with E-state index in [0.29, 0.717) is 0 Å². The van der Waals surface area contributed by atoms with E-state index in [-0.39, 0.29) is 10.0 Å². The SMILES string of the molecule is CC(C)C1CCS(C)(C)C1. The first-order chi connectivity index (χ1) is 4.51. The highest BCUT2D eigenvalue weighted by Crippen LogP contribution is 2.50. The molecule has 1 heteroatoms. The predicted octanol–water partition coefficient (Wildman–Crippen LogP) is 2.73. The summed E-state index contributed by atoms with van der Waals surface area (Å²) in [4.78, 5) is 0. The molecule has 1 rings (SSSR count). The number of hydrogen-bond donors (Lipinski definition) is 0. The lowest BCUT2D eigenvalue weighted by atomic mass is 9.96. The highest BCUT2D eigenvalue weighted by atomic mass is 32.3. The second-order valence-corrected chi connectivity index (χ2v) is 8.71. The number of hydrogen-bond acceptors (Lipinski definition) is 0. The molecule has 1 atom stereocenters. The van der Waals surface area contributed by atoms with E-state index in [1.54, 1.807) is 0 Å². The first-order valence-corrected chi connectivity index (χ1v) is 6.99. The van der Waals surface area contributed by atoms with Crippen molar-refractivity contribution in [3.8, 4) is 0 Å². The van der Waals surface area contributed by atoms with Crippen LogP contribution in [0.4, 0.5) is 0 Å². The Bertz CT molecular complexity index is 116. The first kappa shape index (κ1) is 8.45. The molecule has 0 aromatic carbocycles. The maximum Gasteiger partial charge on any atom is -0.0202 e. The Kier molecular flexibility index (Phi) is 2.34. The minimum atomic E-state index is -0.140. The minimum Gasteiger partial charge on any atom is -0.246 e. The van der Waals surface area contributed by atoms with Crippen LogP contribution in [0.5, 0.6) is 0 Å². The summed E-state index contributed by atoms with van der Waals surface area (Å²) in [6.45, 7) is 4.73. The van der Waals surface area contributed by atoms with E-state index >= 15 is 0 Å². The zero-order valence-electron chi connectivity index (χ0n) is 7.68. The largest absolute Gasteiger partial charge is 0.246 e. The molecular formula is C9H20S. The molecule has 0 N–H and O–H groups in total. The molecule has 0 aromatic heterocycles. The van der Waals surface area contributed by atoms with Crippen LogP contribution >= 0.6 is 10.0 Å². The maximum absolute atomic E-state index is 2.48. The van der Waals surface area contributed by atoms with Crippen LogP contribution in [-0.4, -0.2) is 24.0 Å². The first-order valence-electron chi connectivity index (χ1n) is 4.20. The zero-order valence-corrected chi connectivity index (χ0v) is 8.50. The summed E-state index contributed by atoms with van der Waals surface area (Å²) in [6, 6.07) is 0. The van der Waals surface area contributed by atoms with Gasteiger partial charge in [0.05, 0.1) is 0 Å². The molecule has 0 saturated carbocycles. The van der Waals surface area contributed by atoms with Gasteiger partial charge in [0, 0.05) is 0 Å². The van der Waals surface area contributed by atoms with E-state index in [9.17, 15) is 0 Å². The second-order valence-electron chi connectivity index (χ2n) is 4.43. The lowest BCUT2D eigenvalue weighted by Crippen LogP contribution is -2.08. The van der Waals surface area contributed by atoms with Crippen LogP contribution in [0, 0.1) is 11.8 Å². The smallest absolute Gasteiger partial charge is 0.0202 e. The van der Waals surface area contributed by atoms with E-state index in [1.807, 2.05) is 0 Å². The van der Waals surface area contributed by atoms with E-state index in [4.69, 9.17) is 0 Å². The van der Waals surface area contributed by atoms with Crippen LogP contribution in [0.1, 0.15) is 20.3 Å². The van der Waals surface area contributed by atoms with Gasteiger partial charge in [-0.05, 0) is 42.3 Å². The summed E-state index contributed by atoms with van der Waals surface area (Å²) in [5.41, 5.74) is 0. The van der Waals surface area contributed by atoms with Crippen molar-refractivity contribution in [2.24, 2.45) is 11.8 Å². The van der Waals surface area contributed by atoms with Crippen molar-refractivity contribution in [1.82, 2.24) is 0 Å². The van der Waals surface area contributed by atoms with Gasteiger partial charge in [0.25, 0.3) is 0 Å². The van der Waals surface area contributed by atoms with Crippen LogP contribution in [0.25, 0.3) is 0 Å². The average Bonchev–Trinajstić information content (AvgIpc) is 2.10. The number of rotatable bonds is 1. The molecule has 1 aliphatic heterocycles. The van der Waals surface area contributed by atoms with Gasteiger partial charge in [0.2, 0.25) is 0 Å². The quantitative estimate of drug-likeness (QED) is 0.553. The molecule has 0 aliphatic carbocycles. The van der Waals surface area contributed by atoms with Gasteiger partial charge >= 0.3 is 0 Å². The third-order valence-electron chi connectivity index (χ3n) is 2.65. The van der Waals surface area contributed by atoms with Gasteiger partial charge in [-0.25, -0.2) is 10.0 Å². The average molecular weight is 160 g/mol. The zero-order chi connectivity index (χ0) is 7.78. The van der Waals surface area contributed by atoms with Crippen molar-refractivity contribution in [3.63, 3.8) is 0 Å². The van der Waals surface area contributed by atoms with Crippen molar-refractivity contribution in [2.45, 2.75) is 20.3 Å². The van der Waals surface area contributed by atoms with E-state index in [2.05, 4.69) is 26.4 Å². The van der Waals surface area contributed by atoms with E-state index in [0.717, 1.165) is 11.8 Å². The molecule has 1 saturated heterocycles. The molecule has 0 aromatic rings. The van der Waals surface area contributed by atoms with Gasteiger partial charge in [0.1, 0.15) is 0 Å². The van der Waals surface area contributed by atoms with Crippen molar-refractivity contribution >= 4 is 10.0 Å². The summed E-state index contributed by atoms with van der Waals surface area (Å²) >= 11 is 0. The molecule has 0 radical (unpaired) electrons. The van der Waals surface area contributed by atoms with Crippen molar-refractivity contribution in [3.05, 3.63) is 0 Å². The monoisotopic (exact) mass is 160 g/mol. The lowest BCUT2D eigenvalue weighted by molar-refractivity contribution is 0.429. The van der Waals surface area contributed by atoms with Crippen LogP contribution in [-0.2, 0) is 0 Å². The Morgan fingerprint density at radius 3 is 2.10 bits per heavy atom. The van der Waals surface area contributed by atoms with Crippen LogP contribution < -0.4 is 0 Å². The maximum atomic E-state index is 2.48. The minimum absolute atomic E-state index is 0.140. The topological polar surface area (TPSA) is 0 Å². The van der Waals surface area contributed by atoms with Gasteiger partial charge in [0.15, 0.2) is 0 Å². The van der Waals surface area contributed by atoms with Gasteiger partial charge in [-0.3, -0.25) is 0 Å². The molecular weight excluding hydrogens is 140 g/mol. The predicted molar refractivity (Wildman–Crippen MR) is 52.1 cm³/mol. The van der Waals surface area contributed by atoms with Gasteiger partial charge in [-0.1, -0.05) is 13.8 Å². The van der Waals surface area contributed by atoms with E-state index in [1.165, 1.54) is 17.9 Å². The molecule has 0 nitrogen and oxygen atoms in total. The third-order valence-corrected chi connectivity index (χ3v) is 5.32. The summed E-state index contributed by atoms with van der Waals surface area (Å²) < 4.78 is 0. The molecule has 0 bridgehead atoms. The third kappa shape index (κ3) is 1.91. The summed E-state index contributed by atoms with van der Waals surface area (Å²) in [6.07, 6.45) is 6.46. The molecule has 1 aliphatic rings. The highest BCUT2D eigenvalue weighted by molar-refractivity contribution is 8.32. The van der Waals surface area contributed by atoms with Crippen molar-refractivity contribution in [2.75, 3.05) is 24.0 Å². The van der Waals surface area contributed by atoms with Crippen molar-refractivity contribution in [1.29, 1.82) is 0 Å². The normalized spacial score (nSPS) is 34.7. The van der Waals surface area contributed by atoms with Crippen LogP contribution in [0.15, 0.2) is 0 Å². The van der Waals surface area contributed by atoms with Gasteiger partial charge in [-0.15, -0.1) is 0 Å². The fourth-order valence-corrected chi connectivity index (χ4v) is 4.56. The fourth-order valence-electron chi connectivity index (χ4n) is 1.74. The Labute approximate surface area is 66.7 Å². The molecule has 0 spiro atoms. The molecule has 1 heterocycles. The highest BCUT2D eigenvalue weighted by Gasteiger charge is 2.28. The second kappa shape index (κ2) is 2.77. The molecule has 62 valence electrons. The Hall–Kier alpha value is 0.350. The summed E-state index contributed by atoms with van der Waals surface area (Å²) in [7, 11) is -0.140. The van der Waals surface area contributed by atoms with Crippen LogP contribution in [0.2, 0.25) is 0 Å². The van der Waals surface area contributed by atoms with Crippen molar-refractivity contribution < 1.29 is 0 Å². The summed E-state index contributed by atoms with van der Waals surface area (Å²) in [5, 5.41) is 0. The Morgan fingerprint density at radius 1 is 1.30 bits per heavy atom. The fraction of sp³-hybridized carbons (Fsp3) is 1.00. The summed E-state index contributed by atoms with van der Waals surface area (Å²) in [5.74, 6) is 5.03. The van der Waals surface area contributed by atoms with Gasteiger partial charge in [-0.2, -0.15) is 0 Å². The standard InChI is InChI=1S/C9H20S/c1-8(2)9-5-6-10(3,4)7-9/h8-9H,5-7H2,1-4H3. The molecule has 0 amide bonds. The lowest BCUT2D eigenvalue weighted by Gasteiger charge is -2.25. The molecule has 10 heavy (non-hydrogen) atoms. The van der Waals surface area contributed by atoms with Crippen LogP contribution in [0.3, 0.4) is 0 Å². The molecule has 1 fully saturated rings. The molecule has 1 unspecified atom stereocenters.